The summed E-state index contributed by atoms with van der Waals surface area (Å²) >= 11 is 1.52. The molecule has 0 bridgehead atoms. The van der Waals surface area contributed by atoms with Gasteiger partial charge in [0.1, 0.15) is 11.7 Å². The standard InChI is InChI=1S/C22H27N3O2S/c1-4-14-5-7-15(8-6-14)20-18(24-13(3)28-20)22(27)25-11-16-9-12(2)10-17(16)19(25)21(23)26/h5-8,12,16-17,19H,4,9-11H2,1-3H3,(H2,23,26)/t12?,16-,17-,19-/m0/s1. The van der Waals surface area contributed by atoms with E-state index in [1.165, 1.54) is 16.9 Å². The molecule has 0 radical (unpaired) electrons. The van der Waals surface area contributed by atoms with Crippen LogP contribution < -0.4 is 5.73 Å². The molecule has 1 saturated carbocycles. The fourth-order valence-corrected chi connectivity index (χ4v) is 5.92. The minimum Gasteiger partial charge on any atom is -0.368 e. The summed E-state index contributed by atoms with van der Waals surface area (Å²) in [6, 6.07) is 7.77. The Morgan fingerprint density at radius 3 is 2.61 bits per heavy atom. The summed E-state index contributed by atoms with van der Waals surface area (Å²) in [6.45, 7) is 6.85. The van der Waals surface area contributed by atoms with Crippen molar-refractivity contribution in [3.05, 3.63) is 40.5 Å². The molecule has 6 heteroatoms. The molecule has 2 aliphatic rings. The van der Waals surface area contributed by atoms with Gasteiger partial charge in [-0.25, -0.2) is 4.98 Å². The van der Waals surface area contributed by atoms with Crippen molar-refractivity contribution in [2.45, 2.75) is 46.1 Å². The lowest BCUT2D eigenvalue weighted by atomic mass is 9.93. The van der Waals surface area contributed by atoms with Crippen LogP contribution in [0.2, 0.25) is 0 Å². The van der Waals surface area contributed by atoms with Crippen molar-refractivity contribution in [2.75, 3.05) is 6.54 Å². The highest BCUT2D eigenvalue weighted by Gasteiger charge is 2.51. The van der Waals surface area contributed by atoms with Gasteiger partial charge in [-0.2, -0.15) is 0 Å². The molecule has 4 atom stereocenters. The fraction of sp³-hybridized carbons (Fsp3) is 0.500. The van der Waals surface area contributed by atoms with Crippen molar-refractivity contribution in [3.63, 3.8) is 0 Å². The molecule has 2 aromatic rings. The van der Waals surface area contributed by atoms with E-state index in [1.54, 1.807) is 4.90 Å². The van der Waals surface area contributed by atoms with E-state index in [4.69, 9.17) is 5.73 Å². The maximum atomic E-state index is 13.5. The van der Waals surface area contributed by atoms with Gasteiger partial charge in [-0.3, -0.25) is 9.59 Å². The van der Waals surface area contributed by atoms with Crippen molar-refractivity contribution in [1.82, 2.24) is 9.88 Å². The molecule has 4 rings (SSSR count). The molecule has 1 saturated heterocycles. The van der Waals surface area contributed by atoms with Gasteiger partial charge in [-0.15, -0.1) is 11.3 Å². The number of fused-ring (bicyclic) bond motifs is 1. The van der Waals surface area contributed by atoms with E-state index >= 15 is 0 Å². The fourth-order valence-electron chi connectivity index (χ4n) is 5.01. The van der Waals surface area contributed by atoms with Crippen molar-refractivity contribution in [3.8, 4) is 10.4 Å². The number of likely N-dealkylation sites (tertiary alicyclic amines) is 1. The first-order valence-corrected chi connectivity index (χ1v) is 10.9. The zero-order chi connectivity index (χ0) is 20.0. The number of nitrogens with two attached hydrogens (primary N) is 1. The number of aryl methyl sites for hydroxylation is 2. The summed E-state index contributed by atoms with van der Waals surface area (Å²) in [6.07, 6.45) is 2.99. The molecule has 1 aliphatic heterocycles. The number of primary amides is 1. The smallest absolute Gasteiger partial charge is 0.274 e. The van der Waals surface area contributed by atoms with Gasteiger partial charge in [0.25, 0.3) is 5.91 Å². The van der Waals surface area contributed by atoms with Gasteiger partial charge in [-0.1, -0.05) is 38.1 Å². The van der Waals surface area contributed by atoms with Crippen molar-refractivity contribution >= 4 is 23.2 Å². The first-order chi connectivity index (χ1) is 13.4. The average Bonchev–Trinajstić information content (AvgIpc) is 3.32. The van der Waals surface area contributed by atoms with Crippen molar-refractivity contribution in [1.29, 1.82) is 0 Å². The molecule has 1 aromatic carbocycles. The minimum absolute atomic E-state index is 0.162. The third kappa shape index (κ3) is 3.24. The molecule has 0 spiro atoms. The number of hydrogen-bond acceptors (Lipinski definition) is 4. The van der Waals surface area contributed by atoms with E-state index in [9.17, 15) is 9.59 Å². The maximum absolute atomic E-state index is 13.5. The van der Waals surface area contributed by atoms with E-state index in [1.807, 2.05) is 6.92 Å². The summed E-state index contributed by atoms with van der Waals surface area (Å²) in [7, 11) is 0. The highest BCUT2D eigenvalue weighted by atomic mass is 32.1. The third-order valence-electron chi connectivity index (χ3n) is 6.27. The van der Waals surface area contributed by atoms with Crippen LogP contribution >= 0.6 is 11.3 Å². The minimum atomic E-state index is -0.514. The number of carbonyl (C=O) groups excluding carboxylic acids is 2. The summed E-state index contributed by atoms with van der Waals surface area (Å²) in [5.74, 6) is 0.579. The van der Waals surface area contributed by atoms with E-state index in [0.29, 0.717) is 24.1 Å². The largest absolute Gasteiger partial charge is 0.368 e. The van der Waals surface area contributed by atoms with Crippen LogP contribution in [-0.2, 0) is 11.2 Å². The van der Waals surface area contributed by atoms with Gasteiger partial charge in [0.05, 0.1) is 9.88 Å². The zero-order valence-electron chi connectivity index (χ0n) is 16.6. The van der Waals surface area contributed by atoms with Gasteiger partial charge in [-0.05, 0) is 55.1 Å². The number of carbonyl (C=O) groups is 2. The lowest BCUT2D eigenvalue weighted by Crippen LogP contribution is -2.46. The second kappa shape index (κ2) is 7.32. The quantitative estimate of drug-likeness (QED) is 0.855. The molecular weight excluding hydrogens is 370 g/mol. The molecule has 5 nitrogen and oxygen atoms in total. The lowest BCUT2D eigenvalue weighted by Gasteiger charge is -2.25. The molecule has 148 valence electrons. The molecular formula is C22H27N3O2S. The van der Waals surface area contributed by atoms with Gasteiger partial charge in [0, 0.05) is 6.54 Å². The van der Waals surface area contributed by atoms with Gasteiger partial charge >= 0.3 is 0 Å². The predicted molar refractivity (Wildman–Crippen MR) is 111 cm³/mol. The Balaban J connectivity index is 1.67. The van der Waals surface area contributed by atoms with Crippen LogP contribution in [-0.4, -0.2) is 34.3 Å². The predicted octanol–water partition coefficient (Wildman–Crippen LogP) is 3.65. The number of aromatic nitrogens is 1. The monoisotopic (exact) mass is 397 g/mol. The Hall–Kier alpha value is -2.21. The molecule has 28 heavy (non-hydrogen) atoms. The summed E-state index contributed by atoms with van der Waals surface area (Å²) in [4.78, 5) is 32.8. The van der Waals surface area contributed by atoms with Crippen molar-refractivity contribution < 1.29 is 9.59 Å². The number of hydrogen-bond donors (Lipinski definition) is 1. The van der Waals surface area contributed by atoms with E-state index in [-0.39, 0.29) is 11.8 Å². The number of thiazole rings is 1. The molecule has 1 aliphatic carbocycles. The maximum Gasteiger partial charge on any atom is 0.274 e. The Kier molecular flexibility index (Phi) is 5.00. The van der Waals surface area contributed by atoms with Crippen LogP contribution in [0.1, 0.15) is 47.7 Å². The Bertz CT molecular complexity index is 905. The molecule has 2 heterocycles. The number of rotatable bonds is 4. The Morgan fingerprint density at radius 2 is 1.96 bits per heavy atom. The first kappa shape index (κ1) is 19.1. The second-order valence-corrected chi connectivity index (χ2v) is 9.47. The summed E-state index contributed by atoms with van der Waals surface area (Å²) in [5.41, 5.74) is 8.44. The van der Waals surface area contributed by atoms with E-state index in [2.05, 4.69) is 43.1 Å². The topological polar surface area (TPSA) is 76.3 Å². The van der Waals surface area contributed by atoms with Crippen molar-refractivity contribution in [2.24, 2.45) is 23.5 Å². The highest BCUT2D eigenvalue weighted by Crippen LogP contribution is 2.45. The Labute approximate surface area is 170 Å². The van der Waals surface area contributed by atoms with Crippen LogP contribution in [0.4, 0.5) is 0 Å². The van der Waals surface area contributed by atoms with Crippen LogP contribution in [0, 0.1) is 24.7 Å². The molecule has 2 amide bonds. The van der Waals surface area contributed by atoms with E-state index < -0.39 is 11.9 Å². The van der Waals surface area contributed by atoms with Gasteiger partial charge < -0.3 is 10.6 Å². The molecule has 1 unspecified atom stereocenters. The third-order valence-corrected chi connectivity index (χ3v) is 7.29. The van der Waals surface area contributed by atoms with Crippen LogP contribution in [0.5, 0.6) is 0 Å². The van der Waals surface area contributed by atoms with E-state index in [0.717, 1.165) is 34.7 Å². The lowest BCUT2D eigenvalue weighted by molar-refractivity contribution is -0.122. The number of nitrogens with zero attached hydrogens (tertiary/aromatic N) is 2. The summed E-state index contributed by atoms with van der Waals surface area (Å²) in [5, 5.41) is 0.849. The normalized spacial score (nSPS) is 26.5. The first-order valence-electron chi connectivity index (χ1n) is 10.1. The van der Waals surface area contributed by atoms with Crippen LogP contribution in [0.25, 0.3) is 10.4 Å². The molecule has 2 N–H and O–H groups in total. The average molecular weight is 398 g/mol. The Morgan fingerprint density at radius 1 is 1.25 bits per heavy atom. The second-order valence-electron chi connectivity index (χ2n) is 8.27. The zero-order valence-corrected chi connectivity index (χ0v) is 17.5. The number of amides is 2. The van der Waals surface area contributed by atoms with Gasteiger partial charge in [0.2, 0.25) is 5.91 Å². The van der Waals surface area contributed by atoms with Crippen LogP contribution in [0.15, 0.2) is 24.3 Å². The van der Waals surface area contributed by atoms with Gasteiger partial charge in [0.15, 0.2) is 0 Å². The highest BCUT2D eigenvalue weighted by molar-refractivity contribution is 7.15. The van der Waals surface area contributed by atoms with Crippen LogP contribution in [0.3, 0.4) is 0 Å². The summed E-state index contributed by atoms with van der Waals surface area (Å²) < 4.78 is 0. The molecule has 1 aromatic heterocycles. The SMILES string of the molecule is CCc1ccc(-c2sc(C)nc2C(=O)N2C[C@@H]3CC(C)C[C@@H]3[C@H]2C(N)=O)cc1. The molecule has 2 fully saturated rings. The number of benzene rings is 1.